The highest BCUT2D eigenvalue weighted by molar-refractivity contribution is 6.30. The van der Waals surface area contributed by atoms with Crippen molar-refractivity contribution in [3.8, 4) is 0 Å². The Labute approximate surface area is 88.0 Å². The normalized spacial score (nSPS) is 15.2. The minimum absolute atomic E-state index is 0.0845. The van der Waals surface area contributed by atoms with Crippen LogP contribution in [0.5, 0.6) is 0 Å². The van der Waals surface area contributed by atoms with E-state index in [0.717, 1.165) is 0 Å². The molecule has 0 heterocycles. The van der Waals surface area contributed by atoms with Gasteiger partial charge >= 0.3 is 0 Å². The maximum atomic E-state index is 13.5. The third kappa shape index (κ3) is 2.23. The summed E-state index contributed by atoms with van der Waals surface area (Å²) >= 11 is 5.63. The number of hydrogen-bond acceptors (Lipinski definition) is 2. The molecule has 1 aromatic carbocycles. The Kier molecular flexibility index (Phi) is 3.86. The SMILES string of the molecule is CC[C@H](N)[C@@H](N)c1cccc(Cl)c1F. The molecule has 4 N–H and O–H groups in total. The summed E-state index contributed by atoms with van der Waals surface area (Å²) in [5, 5.41) is 0.0845. The molecular formula is C10H14ClFN2. The first-order valence-corrected chi connectivity index (χ1v) is 4.90. The van der Waals surface area contributed by atoms with Crippen LogP contribution in [-0.2, 0) is 0 Å². The van der Waals surface area contributed by atoms with E-state index < -0.39 is 11.9 Å². The minimum atomic E-state index is -0.501. The molecule has 14 heavy (non-hydrogen) atoms. The van der Waals surface area contributed by atoms with Crippen molar-refractivity contribution in [2.24, 2.45) is 11.5 Å². The predicted molar refractivity (Wildman–Crippen MR) is 56.6 cm³/mol. The van der Waals surface area contributed by atoms with E-state index >= 15 is 0 Å². The molecule has 0 unspecified atom stereocenters. The number of rotatable bonds is 3. The van der Waals surface area contributed by atoms with Crippen molar-refractivity contribution < 1.29 is 4.39 Å². The third-order valence-electron chi connectivity index (χ3n) is 2.27. The summed E-state index contributed by atoms with van der Waals surface area (Å²) in [5.41, 5.74) is 11.9. The summed E-state index contributed by atoms with van der Waals surface area (Å²) in [7, 11) is 0. The Morgan fingerprint density at radius 3 is 2.64 bits per heavy atom. The van der Waals surface area contributed by atoms with Gasteiger partial charge in [-0.15, -0.1) is 0 Å². The average Bonchev–Trinajstić information content (AvgIpc) is 2.20. The molecule has 0 saturated heterocycles. The number of nitrogens with two attached hydrogens (primary N) is 2. The molecule has 4 heteroatoms. The van der Waals surface area contributed by atoms with Gasteiger partial charge in [0.15, 0.2) is 0 Å². The topological polar surface area (TPSA) is 52.0 Å². The highest BCUT2D eigenvalue weighted by Gasteiger charge is 2.18. The van der Waals surface area contributed by atoms with E-state index in [1.807, 2.05) is 6.92 Å². The summed E-state index contributed by atoms with van der Waals surface area (Å²) in [6.45, 7) is 1.91. The fourth-order valence-corrected chi connectivity index (χ4v) is 1.44. The molecule has 0 bridgehead atoms. The lowest BCUT2D eigenvalue weighted by Gasteiger charge is -2.19. The van der Waals surface area contributed by atoms with Crippen LogP contribution in [0.2, 0.25) is 5.02 Å². The van der Waals surface area contributed by atoms with E-state index in [-0.39, 0.29) is 11.1 Å². The van der Waals surface area contributed by atoms with Gasteiger partial charge in [0.05, 0.1) is 5.02 Å². The molecule has 0 radical (unpaired) electrons. The molecule has 0 aliphatic heterocycles. The highest BCUT2D eigenvalue weighted by Crippen LogP contribution is 2.23. The van der Waals surface area contributed by atoms with Crippen LogP contribution in [0.15, 0.2) is 18.2 Å². The van der Waals surface area contributed by atoms with Crippen LogP contribution in [0.1, 0.15) is 24.9 Å². The second-order valence-corrected chi connectivity index (χ2v) is 3.65. The van der Waals surface area contributed by atoms with Crippen molar-refractivity contribution in [1.29, 1.82) is 0 Å². The van der Waals surface area contributed by atoms with Gasteiger partial charge in [0.2, 0.25) is 0 Å². The molecule has 0 amide bonds. The quantitative estimate of drug-likeness (QED) is 0.814. The van der Waals surface area contributed by atoms with E-state index in [2.05, 4.69) is 0 Å². The Morgan fingerprint density at radius 2 is 2.07 bits per heavy atom. The summed E-state index contributed by atoms with van der Waals surface area (Å²) < 4.78 is 13.5. The average molecular weight is 217 g/mol. The van der Waals surface area contributed by atoms with Gasteiger partial charge in [0.1, 0.15) is 5.82 Å². The maximum absolute atomic E-state index is 13.5. The summed E-state index contributed by atoms with van der Waals surface area (Å²) in [5.74, 6) is -0.467. The fraction of sp³-hybridized carbons (Fsp3) is 0.400. The van der Waals surface area contributed by atoms with Crippen molar-refractivity contribution in [3.63, 3.8) is 0 Å². The summed E-state index contributed by atoms with van der Waals surface area (Å²) in [4.78, 5) is 0. The van der Waals surface area contributed by atoms with E-state index in [9.17, 15) is 4.39 Å². The van der Waals surface area contributed by atoms with Gasteiger partial charge in [0, 0.05) is 17.6 Å². The zero-order valence-corrected chi connectivity index (χ0v) is 8.76. The molecule has 0 saturated carbocycles. The second-order valence-electron chi connectivity index (χ2n) is 3.24. The van der Waals surface area contributed by atoms with Gasteiger partial charge in [-0.2, -0.15) is 0 Å². The predicted octanol–water partition coefficient (Wildman–Crippen LogP) is 2.22. The highest BCUT2D eigenvalue weighted by atomic mass is 35.5. The molecular weight excluding hydrogens is 203 g/mol. The van der Waals surface area contributed by atoms with Crippen LogP contribution in [0.4, 0.5) is 4.39 Å². The Balaban J connectivity index is 3.01. The van der Waals surface area contributed by atoms with Crippen LogP contribution in [0.3, 0.4) is 0 Å². The van der Waals surface area contributed by atoms with E-state index in [1.165, 1.54) is 6.07 Å². The third-order valence-corrected chi connectivity index (χ3v) is 2.57. The first-order chi connectivity index (χ1) is 6.57. The zero-order valence-electron chi connectivity index (χ0n) is 8.00. The first kappa shape index (κ1) is 11.4. The Morgan fingerprint density at radius 1 is 1.43 bits per heavy atom. The lowest BCUT2D eigenvalue weighted by molar-refractivity contribution is 0.502. The van der Waals surface area contributed by atoms with E-state index in [0.29, 0.717) is 12.0 Å². The first-order valence-electron chi connectivity index (χ1n) is 4.53. The summed E-state index contributed by atoms with van der Waals surface area (Å²) in [6.07, 6.45) is 0.702. The van der Waals surface area contributed by atoms with Crippen molar-refractivity contribution >= 4 is 11.6 Å². The Hall–Kier alpha value is -0.640. The summed E-state index contributed by atoms with van der Waals surface area (Å²) in [6, 6.07) is 4.02. The van der Waals surface area contributed by atoms with Gasteiger partial charge in [-0.1, -0.05) is 30.7 Å². The van der Waals surface area contributed by atoms with Crippen LogP contribution < -0.4 is 11.5 Å². The van der Waals surface area contributed by atoms with Gasteiger partial charge in [-0.05, 0) is 12.5 Å². The Bertz CT molecular complexity index is 317. The van der Waals surface area contributed by atoms with Crippen molar-refractivity contribution in [2.45, 2.75) is 25.4 Å². The molecule has 1 rings (SSSR count). The number of benzene rings is 1. The van der Waals surface area contributed by atoms with E-state index in [4.69, 9.17) is 23.1 Å². The van der Waals surface area contributed by atoms with Crippen molar-refractivity contribution in [2.75, 3.05) is 0 Å². The maximum Gasteiger partial charge on any atom is 0.146 e. The molecule has 0 aliphatic rings. The zero-order chi connectivity index (χ0) is 10.7. The molecule has 2 nitrogen and oxygen atoms in total. The van der Waals surface area contributed by atoms with Crippen LogP contribution >= 0.6 is 11.6 Å². The molecule has 0 spiro atoms. The van der Waals surface area contributed by atoms with Gasteiger partial charge < -0.3 is 11.5 Å². The van der Waals surface area contributed by atoms with Crippen molar-refractivity contribution in [3.05, 3.63) is 34.6 Å². The molecule has 1 aromatic rings. The largest absolute Gasteiger partial charge is 0.326 e. The monoisotopic (exact) mass is 216 g/mol. The van der Waals surface area contributed by atoms with Gasteiger partial charge in [-0.25, -0.2) is 4.39 Å². The second kappa shape index (κ2) is 4.73. The molecule has 0 fully saturated rings. The van der Waals surface area contributed by atoms with Crippen LogP contribution in [0.25, 0.3) is 0 Å². The molecule has 2 atom stereocenters. The molecule has 0 aliphatic carbocycles. The number of halogens is 2. The lowest BCUT2D eigenvalue weighted by atomic mass is 9.99. The molecule has 78 valence electrons. The van der Waals surface area contributed by atoms with Crippen LogP contribution in [-0.4, -0.2) is 6.04 Å². The lowest BCUT2D eigenvalue weighted by Crippen LogP contribution is -2.34. The van der Waals surface area contributed by atoms with Crippen LogP contribution in [0, 0.1) is 5.82 Å². The number of hydrogen-bond donors (Lipinski definition) is 2. The minimum Gasteiger partial charge on any atom is -0.326 e. The van der Waals surface area contributed by atoms with Gasteiger partial charge in [-0.3, -0.25) is 0 Å². The molecule has 0 aromatic heterocycles. The smallest absolute Gasteiger partial charge is 0.146 e. The van der Waals surface area contributed by atoms with Crippen molar-refractivity contribution in [1.82, 2.24) is 0 Å². The van der Waals surface area contributed by atoms with E-state index in [1.54, 1.807) is 12.1 Å². The fourth-order valence-electron chi connectivity index (χ4n) is 1.26. The van der Waals surface area contributed by atoms with Gasteiger partial charge in [0.25, 0.3) is 0 Å². The standard InChI is InChI=1S/C10H14ClFN2/c1-2-8(13)10(14)6-4-3-5-7(11)9(6)12/h3-5,8,10H,2,13-14H2,1H3/t8-,10-/m0/s1.